The van der Waals surface area contributed by atoms with Crippen molar-refractivity contribution in [2.45, 2.75) is 16.1 Å². The predicted molar refractivity (Wildman–Crippen MR) is 95.7 cm³/mol. The van der Waals surface area contributed by atoms with Crippen molar-refractivity contribution >= 4 is 72.0 Å². The van der Waals surface area contributed by atoms with Crippen molar-refractivity contribution in [2.24, 2.45) is 23.7 Å². The van der Waals surface area contributed by atoms with Crippen LogP contribution in [0.2, 0.25) is 0 Å². The zero-order chi connectivity index (χ0) is 14.9. The van der Waals surface area contributed by atoms with E-state index in [1.165, 1.54) is 4.90 Å². The van der Waals surface area contributed by atoms with Crippen LogP contribution in [0.3, 0.4) is 0 Å². The number of fused-ring (bicyclic) bond motifs is 5. The summed E-state index contributed by atoms with van der Waals surface area (Å²) in [5.41, 5.74) is 0.705. The SMILES string of the molecule is O=C1[C@H]2[C@@H]3C[C@@H]([C@H](Br)[C@@H]3Br)[C@@H]2C(=O)N1c1ccc(I)cc1. The highest BCUT2D eigenvalue weighted by molar-refractivity contribution is 14.1. The van der Waals surface area contributed by atoms with Gasteiger partial charge in [0.25, 0.3) is 0 Å². The lowest BCUT2D eigenvalue weighted by Gasteiger charge is -2.28. The molecule has 110 valence electrons. The minimum absolute atomic E-state index is 0.0115. The van der Waals surface area contributed by atoms with Gasteiger partial charge in [0.15, 0.2) is 0 Å². The molecule has 0 radical (unpaired) electrons. The van der Waals surface area contributed by atoms with Crippen LogP contribution in [0, 0.1) is 27.2 Å². The third-order valence-corrected chi connectivity index (χ3v) is 9.00. The molecule has 3 fully saturated rings. The second kappa shape index (κ2) is 5.03. The van der Waals surface area contributed by atoms with E-state index in [-0.39, 0.29) is 45.1 Å². The molecular weight excluding hydrogens is 513 g/mol. The Labute approximate surface area is 153 Å². The number of carbonyl (C=O) groups excluding carboxylic acids is 2. The second-order valence-corrected chi connectivity index (χ2v) is 9.35. The van der Waals surface area contributed by atoms with Gasteiger partial charge in [0.05, 0.1) is 17.5 Å². The molecular formula is C15H12Br2INO2. The summed E-state index contributed by atoms with van der Waals surface area (Å²) < 4.78 is 1.09. The Hall–Kier alpha value is 0.0500. The van der Waals surface area contributed by atoms with Gasteiger partial charge in [0.2, 0.25) is 11.8 Å². The lowest BCUT2D eigenvalue weighted by Crippen LogP contribution is -2.37. The molecule has 21 heavy (non-hydrogen) atoms. The Bertz CT molecular complexity index is 603. The van der Waals surface area contributed by atoms with Crippen LogP contribution in [0.15, 0.2) is 24.3 Å². The Kier molecular flexibility index (Phi) is 3.50. The number of hydrogen-bond donors (Lipinski definition) is 0. The maximum atomic E-state index is 12.8. The number of imide groups is 1. The van der Waals surface area contributed by atoms with E-state index >= 15 is 0 Å². The largest absolute Gasteiger partial charge is 0.274 e. The first-order chi connectivity index (χ1) is 10.0. The average molecular weight is 525 g/mol. The number of hydrogen-bond acceptors (Lipinski definition) is 2. The van der Waals surface area contributed by atoms with Gasteiger partial charge < -0.3 is 0 Å². The van der Waals surface area contributed by atoms with Gasteiger partial charge in [-0.15, -0.1) is 0 Å². The van der Waals surface area contributed by atoms with Gasteiger partial charge in [-0.05, 0) is 65.1 Å². The Balaban J connectivity index is 1.73. The molecule has 6 heteroatoms. The van der Waals surface area contributed by atoms with Crippen LogP contribution in [-0.4, -0.2) is 21.5 Å². The number of halogens is 3. The third kappa shape index (κ3) is 1.94. The van der Waals surface area contributed by atoms with Gasteiger partial charge in [-0.1, -0.05) is 31.9 Å². The molecule has 1 saturated heterocycles. The molecule has 0 spiro atoms. The van der Waals surface area contributed by atoms with E-state index < -0.39 is 0 Å². The Morgan fingerprint density at radius 3 is 1.90 bits per heavy atom. The number of nitrogens with zero attached hydrogens (tertiary/aromatic N) is 1. The van der Waals surface area contributed by atoms with E-state index in [0.717, 1.165) is 9.99 Å². The highest BCUT2D eigenvalue weighted by atomic mass is 127. The molecule has 2 bridgehead atoms. The number of benzene rings is 1. The summed E-state index contributed by atoms with van der Waals surface area (Å²) in [6.45, 7) is 0. The third-order valence-electron chi connectivity index (χ3n) is 5.07. The summed E-state index contributed by atoms with van der Waals surface area (Å²) >= 11 is 9.62. The monoisotopic (exact) mass is 523 g/mol. The topological polar surface area (TPSA) is 37.4 Å². The summed E-state index contributed by atoms with van der Waals surface area (Å²) in [4.78, 5) is 27.6. The fourth-order valence-corrected chi connectivity index (χ4v) is 6.43. The second-order valence-electron chi connectivity index (χ2n) is 5.99. The van der Waals surface area contributed by atoms with Gasteiger partial charge in [0.1, 0.15) is 0 Å². The van der Waals surface area contributed by atoms with Gasteiger partial charge in [-0.3, -0.25) is 14.5 Å². The predicted octanol–water partition coefficient (Wildman–Crippen LogP) is 3.57. The molecule has 1 aliphatic heterocycles. The summed E-state index contributed by atoms with van der Waals surface area (Å²) in [6, 6.07) is 7.58. The molecule has 0 aromatic heterocycles. The smallest absolute Gasteiger partial charge is 0.238 e. The molecule has 6 atom stereocenters. The summed E-state index contributed by atoms with van der Waals surface area (Å²) in [5.74, 6) is 0.245. The van der Waals surface area contributed by atoms with E-state index in [4.69, 9.17) is 0 Å². The van der Waals surface area contributed by atoms with Crippen LogP contribution < -0.4 is 4.90 Å². The first-order valence-electron chi connectivity index (χ1n) is 6.92. The molecule has 2 aliphatic carbocycles. The average Bonchev–Trinajstić information content (AvgIpc) is 3.06. The molecule has 3 nitrogen and oxygen atoms in total. The van der Waals surface area contributed by atoms with Crippen LogP contribution in [-0.2, 0) is 9.59 Å². The minimum Gasteiger partial charge on any atom is -0.274 e. The van der Waals surface area contributed by atoms with Gasteiger partial charge in [-0.25, -0.2) is 0 Å². The first kappa shape index (κ1) is 14.6. The van der Waals surface area contributed by atoms with E-state index in [2.05, 4.69) is 54.5 Å². The fourth-order valence-electron chi connectivity index (χ4n) is 4.19. The first-order valence-corrected chi connectivity index (χ1v) is 9.83. The Morgan fingerprint density at radius 2 is 1.43 bits per heavy atom. The molecule has 3 aliphatic rings. The van der Waals surface area contributed by atoms with Crippen molar-refractivity contribution in [3.63, 3.8) is 0 Å². The molecule has 4 rings (SSSR count). The molecule has 1 aromatic carbocycles. The lowest BCUT2D eigenvalue weighted by atomic mass is 9.81. The summed E-state index contributed by atoms with van der Waals surface area (Å²) in [6.07, 6.45) is 0.971. The van der Waals surface area contributed by atoms with Crippen molar-refractivity contribution < 1.29 is 9.59 Å². The molecule has 2 saturated carbocycles. The van der Waals surface area contributed by atoms with Crippen molar-refractivity contribution in [1.82, 2.24) is 0 Å². The maximum Gasteiger partial charge on any atom is 0.238 e. The van der Waals surface area contributed by atoms with Crippen LogP contribution in [0.4, 0.5) is 5.69 Å². The van der Waals surface area contributed by atoms with E-state index in [9.17, 15) is 9.59 Å². The fraction of sp³-hybridized carbons (Fsp3) is 0.467. The van der Waals surface area contributed by atoms with E-state index in [1.54, 1.807) is 0 Å². The lowest BCUT2D eigenvalue weighted by molar-refractivity contribution is -0.123. The molecule has 1 aromatic rings. The summed E-state index contributed by atoms with van der Waals surface area (Å²) in [7, 11) is 0. The number of alkyl halides is 2. The number of carbonyl (C=O) groups is 2. The molecule has 2 amide bonds. The van der Waals surface area contributed by atoms with Crippen molar-refractivity contribution in [2.75, 3.05) is 4.90 Å². The van der Waals surface area contributed by atoms with Crippen LogP contribution in [0.1, 0.15) is 6.42 Å². The van der Waals surface area contributed by atoms with Crippen molar-refractivity contribution in [3.8, 4) is 0 Å². The minimum atomic E-state index is -0.139. The zero-order valence-electron chi connectivity index (χ0n) is 10.9. The normalized spacial score (nSPS) is 41.0. The number of anilines is 1. The molecule has 0 unspecified atom stereocenters. The molecule has 0 N–H and O–H groups in total. The van der Waals surface area contributed by atoms with Crippen molar-refractivity contribution in [1.29, 1.82) is 0 Å². The van der Waals surface area contributed by atoms with Gasteiger partial charge >= 0.3 is 0 Å². The number of rotatable bonds is 1. The highest BCUT2D eigenvalue weighted by Crippen LogP contribution is 2.60. The molecule has 1 heterocycles. The van der Waals surface area contributed by atoms with Crippen LogP contribution in [0.25, 0.3) is 0 Å². The van der Waals surface area contributed by atoms with E-state index in [0.29, 0.717) is 5.69 Å². The summed E-state index contributed by atoms with van der Waals surface area (Å²) in [5, 5.41) is 0. The maximum absolute atomic E-state index is 12.8. The Morgan fingerprint density at radius 1 is 0.952 bits per heavy atom. The van der Waals surface area contributed by atoms with E-state index in [1.807, 2.05) is 24.3 Å². The number of amides is 2. The van der Waals surface area contributed by atoms with Gasteiger partial charge in [-0.2, -0.15) is 0 Å². The zero-order valence-corrected chi connectivity index (χ0v) is 16.2. The quantitative estimate of drug-likeness (QED) is 0.320. The van der Waals surface area contributed by atoms with Crippen molar-refractivity contribution in [3.05, 3.63) is 27.8 Å². The van der Waals surface area contributed by atoms with Gasteiger partial charge in [0, 0.05) is 13.2 Å². The van der Waals surface area contributed by atoms with Crippen LogP contribution in [0.5, 0.6) is 0 Å². The van der Waals surface area contributed by atoms with Crippen LogP contribution >= 0.6 is 54.5 Å². The highest BCUT2D eigenvalue weighted by Gasteiger charge is 2.66. The standard InChI is InChI=1S/C15H12Br2INO2/c16-12-8-5-9(13(12)17)11-10(8)14(20)19(15(11)21)7-3-1-6(18)2-4-7/h1-4,8-13H,5H2/t8-,9+,10-,11-,12+,13-/m0/s1.